The summed E-state index contributed by atoms with van der Waals surface area (Å²) in [5.74, 6) is 0. The highest BCUT2D eigenvalue weighted by Crippen LogP contribution is 2.37. The van der Waals surface area contributed by atoms with Gasteiger partial charge in [-0.25, -0.2) is 0 Å². The van der Waals surface area contributed by atoms with Gasteiger partial charge in [0.2, 0.25) is 0 Å². The molecule has 0 radical (unpaired) electrons. The summed E-state index contributed by atoms with van der Waals surface area (Å²) < 4.78 is 0. The standard InChI is InChI=1S/C23H25P/c1-16-14-15-23(20(5)19(16)4)24(21-12-8-6-10-17(21)2)22-13-9-7-11-18(22)3/h6-15H,1-5H3. The number of rotatable bonds is 3. The van der Waals surface area contributed by atoms with Gasteiger partial charge in [-0.2, -0.15) is 0 Å². The van der Waals surface area contributed by atoms with Gasteiger partial charge in [0, 0.05) is 0 Å². The van der Waals surface area contributed by atoms with E-state index in [1.54, 1.807) is 0 Å². The molecule has 0 aliphatic carbocycles. The highest BCUT2D eigenvalue weighted by atomic mass is 31.1. The molecule has 0 nitrogen and oxygen atoms in total. The van der Waals surface area contributed by atoms with Crippen LogP contribution >= 0.6 is 7.92 Å². The van der Waals surface area contributed by atoms with E-state index in [4.69, 9.17) is 0 Å². The molecule has 3 rings (SSSR count). The van der Waals surface area contributed by atoms with Crippen molar-refractivity contribution in [3.63, 3.8) is 0 Å². The predicted octanol–water partition coefficient (Wildman–Crippen LogP) is 4.99. The van der Waals surface area contributed by atoms with Gasteiger partial charge < -0.3 is 0 Å². The smallest absolute Gasteiger partial charge is 0.0119 e. The van der Waals surface area contributed by atoms with Crippen LogP contribution in [0.3, 0.4) is 0 Å². The third kappa shape index (κ3) is 3.04. The summed E-state index contributed by atoms with van der Waals surface area (Å²) in [6.07, 6.45) is 0. The van der Waals surface area contributed by atoms with Crippen LogP contribution in [0.25, 0.3) is 0 Å². The minimum absolute atomic E-state index is 0.537. The van der Waals surface area contributed by atoms with Gasteiger partial charge in [-0.15, -0.1) is 0 Å². The Bertz CT molecular complexity index is 831. The lowest BCUT2D eigenvalue weighted by Gasteiger charge is -2.25. The molecule has 122 valence electrons. The fourth-order valence-electron chi connectivity index (χ4n) is 3.20. The molecule has 0 spiro atoms. The summed E-state index contributed by atoms with van der Waals surface area (Å²) in [6, 6.07) is 22.3. The normalized spacial score (nSPS) is 11.1. The van der Waals surface area contributed by atoms with E-state index in [1.807, 2.05) is 0 Å². The van der Waals surface area contributed by atoms with Crippen LogP contribution in [-0.4, -0.2) is 0 Å². The van der Waals surface area contributed by atoms with Gasteiger partial charge in [-0.05, 0) is 86.3 Å². The second kappa shape index (κ2) is 6.91. The highest BCUT2D eigenvalue weighted by Gasteiger charge is 2.22. The average molecular weight is 332 g/mol. The van der Waals surface area contributed by atoms with Crippen molar-refractivity contribution in [2.24, 2.45) is 0 Å². The van der Waals surface area contributed by atoms with E-state index in [0.29, 0.717) is 0 Å². The van der Waals surface area contributed by atoms with Gasteiger partial charge in [0.15, 0.2) is 0 Å². The fourth-order valence-corrected chi connectivity index (χ4v) is 6.03. The van der Waals surface area contributed by atoms with Crippen LogP contribution in [0, 0.1) is 34.6 Å². The van der Waals surface area contributed by atoms with Gasteiger partial charge in [-0.1, -0.05) is 60.7 Å². The van der Waals surface area contributed by atoms with Crippen molar-refractivity contribution in [2.45, 2.75) is 34.6 Å². The van der Waals surface area contributed by atoms with Crippen LogP contribution in [0.2, 0.25) is 0 Å². The summed E-state index contributed by atoms with van der Waals surface area (Å²) in [7, 11) is -0.537. The molecule has 0 amide bonds. The van der Waals surface area contributed by atoms with Gasteiger partial charge >= 0.3 is 0 Å². The Kier molecular flexibility index (Phi) is 4.88. The number of aryl methyl sites for hydroxylation is 3. The lowest BCUT2D eigenvalue weighted by Crippen LogP contribution is -2.26. The van der Waals surface area contributed by atoms with E-state index >= 15 is 0 Å². The van der Waals surface area contributed by atoms with Crippen molar-refractivity contribution >= 4 is 23.8 Å². The van der Waals surface area contributed by atoms with Gasteiger partial charge in [0.25, 0.3) is 0 Å². The molecule has 1 heteroatoms. The minimum atomic E-state index is -0.537. The van der Waals surface area contributed by atoms with E-state index in [1.165, 1.54) is 43.7 Å². The number of hydrogen-bond donors (Lipinski definition) is 0. The van der Waals surface area contributed by atoms with Gasteiger partial charge in [-0.3, -0.25) is 0 Å². The van der Waals surface area contributed by atoms with Crippen LogP contribution in [0.4, 0.5) is 0 Å². The molecule has 0 bridgehead atoms. The summed E-state index contributed by atoms with van der Waals surface area (Å²) in [5, 5.41) is 4.41. The zero-order chi connectivity index (χ0) is 17.3. The molecule has 0 aliphatic rings. The molecular weight excluding hydrogens is 307 g/mol. The number of hydrogen-bond acceptors (Lipinski definition) is 0. The molecular formula is C23H25P. The van der Waals surface area contributed by atoms with Gasteiger partial charge in [0.1, 0.15) is 0 Å². The van der Waals surface area contributed by atoms with Gasteiger partial charge in [0.05, 0.1) is 0 Å². The molecule has 0 saturated heterocycles. The number of benzene rings is 3. The molecule has 24 heavy (non-hydrogen) atoms. The molecule has 0 heterocycles. The first-order valence-corrected chi connectivity index (χ1v) is 9.83. The lowest BCUT2D eigenvalue weighted by molar-refractivity contribution is 1.28. The first kappa shape index (κ1) is 16.9. The molecule has 0 unspecified atom stereocenters. The van der Waals surface area contributed by atoms with E-state index < -0.39 is 7.92 Å². The van der Waals surface area contributed by atoms with Crippen LogP contribution < -0.4 is 15.9 Å². The van der Waals surface area contributed by atoms with Crippen molar-refractivity contribution in [3.05, 3.63) is 88.5 Å². The maximum atomic E-state index is 2.35. The Morgan fingerprint density at radius 3 is 1.46 bits per heavy atom. The summed E-state index contributed by atoms with van der Waals surface area (Å²) in [4.78, 5) is 0. The first-order valence-electron chi connectivity index (χ1n) is 8.49. The molecule has 0 aromatic heterocycles. The Hall–Kier alpha value is -1.91. The molecule has 0 saturated carbocycles. The Labute approximate surface area is 147 Å². The summed E-state index contributed by atoms with van der Waals surface area (Å²) in [6.45, 7) is 11.2. The lowest BCUT2D eigenvalue weighted by atomic mass is 10.1. The Balaban J connectivity index is 2.30. The van der Waals surface area contributed by atoms with Crippen molar-refractivity contribution in [2.75, 3.05) is 0 Å². The average Bonchev–Trinajstić information content (AvgIpc) is 2.58. The monoisotopic (exact) mass is 332 g/mol. The highest BCUT2D eigenvalue weighted by molar-refractivity contribution is 7.80. The largest absolute Gasteiger partial charge is 0.0620 e. The molecule has 0 N–H and O–H groups in total. The zero-order valence-electron chi connectivity index (χ0n) is 15.2. The second-order valence-electron chi connectivity index (χ2n) is 6.56. The van der Waals surface area contributed by atoms with Crippen molar-refractivity contribution < 1.29 is 0 Å². The van der Waals surface area contributed by atoms with Crippen LogP contribution in [-0.2, 0) is 0 Å². The van der Waals surface area contributed by atoms with Crippen LogP contribution in [0.5, 0.6) is 0 Å². The predicted molar refractivity (Wildman–Crippen MR) is 109 cm³/mol. The zero-order valence-corrected chi connectivity index (χ0v) is 16.1. The molecule has 3 aromatic carbocycles. The maximum absolute atomic E-state index is 2.35. The first-order chi connectivity index (χ1) is 11.5. The third-order valence-corrected chi connectivity index (χ3v) is 7.92. The molecule has 0 atom stereocenters. The van der Waals surface area contributed by atoms with Crippen molar-refractivity contribution in [1.82, 2.24) is 0 Å². The van der Waals surface area contributed by atoms with E-state index in [-0.39, 0.29) is 0 Å². The summed E-state index contributed by atoms with van der Waals surface area (Å²) >= 11 is 0. The molecule has 0 fully saturated rings. The Morgan fingerprint density at radius 1 is 0.458 bits per heavy atom. The molecule has 3 aromatic rings. The van der Waals surface area contributed by atoms with E-state index in [0.717, 1.165) is 0 Å². The van der Waals surface area contributed by atoms with Crippen molar-refractivity contribution in [1.29, 1.82) is 0 Å². The quantitative estimate of drug-likeness (QED) is 0.593. The fraction of sp³-hybridized carbons (Fsp3) is 0.217. The topological polar surface area (TPSA) is 0 Å². The SMILES string of the molecule is Cc1ccccc1P(c1ccccc1C)c1ccc(C)c(C)c1C. The van der Waals surface area contributed by atoms with Crippen LogP contribution in [0.1, 0.15) is 27.8 Å². The van der Waals surface area contributed by atoms with E-state index in [9.17, 15) is 0 Å². The minimum Gasteiger partial charge on any atom is -0.0620 e. The maximum Gasteiger partial charge on any atom is -0.0119 e. The Morgan fingerprint density at radius 2 is 0.958 bits per heavy atom. The second-order valence-corrected chi connectivity index (χ2v) is 8.68. The molecule has 0 aliphatic heterocycles. The van der Waals surface area contributed by atoms with Crippen LogP contribution in [0.15, 0.2) is 60.7 Å². The third-order valence-electron chi connectivity index (χ3n) is 4.98. The van der Waals surface area contributed by atoms with E-state index in [2.05, 4.69) is 95.3 Å². The summed E-state index contributed by atoms with van der Waals surface area (Å²) in [5.41, 5.74) is 6.99. The van der Waals surface area contributed by atoms with Crippen molar-refractivity contribution in [3.8, 4) is 0 Å².